The molecule has 3 heteroatoms. The molecule has 0 aliphatic carbocycles. The third-order valence-electron chi connectivity index (χ3n) is 2.33. The molecule has 0 aromatic rings. The Morgan fingerprint density at radius 1 is 1.36 bits per heavy atom. The molecule has 0 spiro atoms. The highest BCUT2D eigenvalue weighted by Gasteiger charge is 2.28. The molecule has 0 saturated carbocycles. The third-order valence-corrected chi connectivity index (χ3v) is 2.48. The zero-order valence-electron chi connectivity index (χ0n) is 9.26. The van der Waals surface area contributed by atoms with Crippen molar-refractivity contribution in [2.24, 2.45) is 11.3 Å². The van der Waals surface area contributed by atoms with Gasteiger partial charge in [0.15, 0.2) is 0 Å². The zero-order valence-corrected chi connectivity index (χ0v) is 10.0. The summed E-state index contributed by atoms with van der Waals surface area (Å²) in [4.78, 5) is 0. The Balaban J connectivity index is 4.44. The van der Waals surface area contributed by atoms with Gasteiger partial charge in [-0.2, -0.15) is 0 Å². The number of halogens is 1. The summed E-state index contributed by atoms with van der Waals surface area (Å²) in [5.74, 6) is 0.457. The highest BCUT2D eigenvalue weighted by Crippen LogP contribution is 2.30. The van der Waals surface area contributed by atoms with E-state index in [1.807, 2.05) is 6.08 Å². The van der Waals surface area contributed by atoms with Crippen molar-refractivity contribution in [3.05, 3.63) is 11.1 Å². The molecule has 0 aliphatic rings. The minimum absolute atomic E-state index is 0.00233. The van der Waals surface area contributed by atoms with Gasteiger partial charge in [-0.3, -0.25) is 0 Å². The van der Waals surface area contributed by atoms with Crippen molar-refractivity contribution in [2.45, 2.75) is 33.6 Å². The number of aliphatic hydroxyl groups is 2. The Bertz CT molecular complexity index is 180. The first-order valence-corrected chi connectivity index (χ1v) is 5.37. The van der Waals surface area contributed by atoms with Crippen LogP contribution < -0.4 is 0 Å². The minimum atomic E-state index is -0.412. The first-order chi connectivity index (χ1) is 6.45. The highest BCUT2D eigenvalue weighted by molar-refractivity contribution is 6.29. The normalized spacial score (nSPS) is 13.8. The molecule has 2 N–H and O–H groups in total. The summed E-state index contributed by atoms with van der Waals surface area (Å²) < 4.78 is 0. The van der Waals surface area contributed by atoms with E-state index in [9.17, 15) is 10.2 Å². The van der Waals surface area contributed by atoms with Crippen molar-refractivity contribution >= 4 is 11.6 Å². The predicted molar refractivity (Wildman–Crippen MR) is 60.3 cm³/mol. The van der Waals surface area contributed by atoms with Gasteiger partial charge in [0.25, 0.3) is 0 Å². The minimum Gasteiger partial charge on any atom is -0.396 e. The maximum absolute atomic E-state index is 9.31. The molecule has 0 aromatic carbocycles. The fraction of sp³-hybridized carbons (Fsp3) is 0.818. The largest absolute Gasteiger partial charge is 0.396 e. The van der Waals surface area contributed by atoms with E-state index in [0.29, 0.717) is 17.4 Å². The maximum Gasteiger partial charge on any atom is 0.0512 e. The summed E-state index contributed by atoms with van der Waals surface area (Å²) in [5, 5.41) is 19.3. The van der Waals surface area contributed by atoms with Gasteiger partial charge in [0, 0.05) is 10.4 Å². The Morgan fingerprint density at radius 3 is 2.14 bits per heavy atom. The molecule has 14 heavy (non-hydrogen) atoms. The Hall–Kier alpha value is -0.0500. The summed E-state index contributed by atoms with van der Waals surface area (Å²) in [5.41, 5.74) is -0.412. The van der Waals surface area contributed by atoms with E-state index < -0.39 is 5.41 Å². The quantitative estimate of drug-likeness (QED) is 0.722. The fourth-order valence-electron chi connectivity index (χ4n) is 1.61. The van der Waals surface area contributed by atoms with Crippen LogP contribution in [0, 0.1) is 11.3 Å². The van der Waals surface area contributed by atoms with Gasteiger partial charge in [0.1, 0.15) is 0 Å². The first kappa shape index (κ1) is 13.9. The second-order valence-corrected chi connectivity index (χ2v) is 5.01. The first-order valence-electron chi connectivity index (χ1n) is 5.00. The summed E-state index contributed by atoms with van der Waals surface area (Å²) in [6, 6.07) is 0. The van der Waals surface area contributed by atoms with Gasteiger partial charge in [0.05, 0.1) is 13.2 Å². The molecule has 0 saturated heterocycles. The van der Waals surface area contributed by atoms with Crippen LogP contribution in [-0.2, 0) is 0 Å². The number of aliphatic hydroxyl groups excluding tert-OH is 2. The SMILES string of the molecule is CC(Cl)=CCC(CO)(CO)CC(C)C. The standard InChI is InChI=1S/C11H21ClO2/c1-9(2)6-11(7-13,8-14)5-4-10(3)12/h4,9,13-14H,5-8H2,1-3H3. The number of allylic oxidation sites excluding steroid dienone is 2. The molecule has 0 bridgehead atoms. The molecule has 0 aliphatic heterocycles. The lowest BCUT2D eigenvalue weighted by atomic mass is 9.78. The average molecular weight is 221 g/mol. The van der Waals surface area contributed by atoms with E-state index in [1.165, 1.54) is 0 Å². The fourth-order valence-corrected chi connectivity index (χ4v) is 1.69. The van der Waals surface area contributed by atoms with Crippen LogP contribution in [0.4, 0.5) is 0 Å². The van der Waals surface area contributed by atoms with Gasteiger partial charge in [-0.25, -0.2) is 0 Å². The van der Waals surface area contributed by atoms with Gasteiger partial charge >= 0.3 is 0 Å². The molecular formula is C11H21ClO2. The lowest BCUT2D eigenvalue weighted by molar-refractivity contribution is 0.0391. The van der Waals surface area contributed by atoms with Crippen molar-refractivity contribution in [1.29, 1.82) is 0 Å². The molecular weight excluding hydrogens is 200 g/mol. The van der Waals surface area contributed by atoms with Crippen LogP contribution in [0.1, 0.15) is 33.6 Å². The average Bonchev–Trinajstić information content (AvgIpc) is 2.11. The lowest BCUT2D eigenvalue weighted by Crippen LogP contribution is -2.31. The van der Waals surface area contributed by atoms with Crippen LogP contribution in [0.25, 0.3) is 0 Å². The molecule has 0 amide bonds. The summed E-state index contributed by atoms with van der Waals surface area (Å²) >= 11 is 5.73. The van der Waals surface area contributed by atoms with Crippen molar-refractivity contribution in [2.75, 3.05) is 13.2 Å². The zero-order chi connectivity index (χ0) is 11.2. The molecule has 0 aromatic heterocycles. The van der Waals surface area contributed by atoms with Crippen LogP contribution in [0.3, 0.4) is 0 Å². The van der Waals surface area contributed by atoms with E-state index >= 15 is 0 Å². The third kappa shape index (κ3) is 4.99. The lowest BCUT2D eigenvalue weighted by Gasteiger charge is -2.30. The Labute approximate surface area is 91.6 Å². The molecule has 0 heterocycles. The van der Waals surface area contributed by atoms with Crippen molar-refractivity contribution in [1.82, 2.24) is 0 Å². The monoisotopic (exact) mass is 220 g/mol. The van der Waals surface area contributed by atoms with Gasteiger partial charge in [-0.15, -0.1) is 0 Å². The van der Waals surface area contributed by atoms with Gasteiger partial charge in [-0.05, 0) is 25.7 Å². The molecule has 0 atom stereocenters. The Morgan fingerprint density at radius 2 is 1.86 bits per heavy atom. The topological polar surface area (TPSA) is 40.5 Å². The summed E-state index contributed by atoms with van der Waals surface area (Å²) in [6.07, 6.45) is 3.30. The summed E-state index contributed by atoms with van der Waals surface area (Å²) in [6.45, 7) is 5.97. The second kappa shape index (κ2) is 6.44. The van der Waals surface area contributed by atoms with Crippen LogP contribution in [0.5, 0.6) is 0 Å². The van der Waals surface area contributed by atoms with Crippen molar-refractivity contribution < 1.29 is 10.2 Å². The number of rotatable bonds is 6. The molecule has 84 valence electrons. The van der Waals surface area contributed by atoms with E-state index in [-0.39, 0.29) is 13.2 Å². The van der Waals surface area contributed by atoms with Gasteiger partial charge in [0.2, 0.25) is 0 Å². The van der Waals surface area contributed by atoms with Crippen LogP contribution in [0.2, 0.25) is 0 Å². The number of hydrogen-bond acceptors (Lipinski definition) is 2. The maximum atomic E-state index is 9.31. The van der Waals surface area contributed by atoms with Crippen molar-refractivity contribution in [3.8, 4) is 0 Å². The molecule has 0 unspecified atom stereocenters. The molecule has 2 nitrogen and oxygen atoms in total. The van der Waals surface area contributed by atoms with Crippen LogP contribution in [-0.4, -0.2) is 23.4 Å². The van der Waals surface area contributed by atoms with Crippen LogP contribution >= 0.6 is 11.6 Å². The smallest absolute Gasteiger partial charge is 0.0512 e. The second-order valence-electron chi connectivity index (χ2n) is 4.41. The van der Waals surface area contributed by atoms with Gasteiger partial charge < -0.3 is 10.2 Å². The molecule has 0 fully saturated rings. The van der Waals surface area contributed by atoms with Crippen LogP contribution in [0.15, 0.2) is 11.1 Å². The molecule has 0 rings (SSSR count). The summed E-state index contributed by atoms with van der Waals surface area (Å²) in [7, 11) is 0. The predicted octanol–water partition coefficient (Wildman–Crippen LogP) is 2.54. The molecule has 0 radical (unpaired) electrons. The Kier molecular flexibility index (Phi) is 6.41. The van der Waals surface area contributed by atoms with E-state index in [1.54, 1.807) is 6.92 Å². The van der Waals surface area contributed by atoms with Gasteiger partial charge in [-0.1, -0.05) is 31.5 Å². The van der Waals surface area contributed by atoms with E-state index in [2.05, 4.69) is 13.8 Å². The van der Waals surface area contributed by atoms with E-state index in [0.717, 1.165) is 6.42 Å². The highest BCUT2D eigenvalue weighted by atomic mass is 35.5. The van der Waals surface area contributed by atoms with E-state index in [4.69, 9.17) is 11.6 Å². The number of hydrogen-bond donors (Lipinski definition) is 2. The van der Waals surface area contributed by atoms with Crippen molar-refractivity contribution in [3.63, 3.8) is 0 Å².